The first-order chi connectivity index (χ1) is 13.5. The van der Waals surface area contributed by atoms with Crippen molar-refractivity contribution in [3.63, 3.8) is 0 Å². The first-order valence-corrected chi connectivity index (χ1v) is 10.6. The predicted molar refractivity (Wildman–Crippen MR) is 110 cm³/mol. The van der Waals surface area contributed by atoms with Crippen molar-refractivity contribution in [1.29, 1.82) is 0 Å². The lowest BCUT2D eigenvalue weighted by Crippen LogP contribution is -2.44. The minimum atomic E-state index is -0.970. The van der Waals surface area contributed by atoms with Crippen molar-refractivity contribution in [2.75, 3.05) is 65.7 Å². The van der Waals surface area contributed by atoms with Crippen LogP contribution in [0.25, 0.3) is 0 Å². The summed E-state index contributed by atoms with van der Waals surface area (Å²) < 4.78 is 10.8. The quantitative estimate of drug-likeness (QED) is 0.469. The van der Waals surface area contributed by atoms with Crippen molar-refractivity contribution in [2.45, 2.75) is 50.7 Å². The van der Waals surface area contributed by atoms with Gasteiger partial charge in [-0.1, -0.05) is 11.8 Å². The normalized spacial score (nSPS) is 22.0. The van der Waals surface area contributed by atoms with Gasteiger partial charge in [0.15, 0.2) is 0 Å². The maximum absolute atomic E-state index is 10.6. The highest BCUT2D eigenvalue weighted by molar-refractivity contribution is 5.33. The maximum Gasteiger partial charge on any atom is 0.128 e. The molecule has 0 aromatic rings. The van der Waals surface area contributed by atoms with E-state index in [0.717, 1.165) is 65.7 Å². The molecule has 0 aliphatic carbocycles. The summed E-state index contributed by atoms with van der Waals surface area (Å²) in [5.41, 5.74) is -1.94. The van der Waals surface area contributed by atoms with Crippen LogP contribution in [-0.2, 0) is 9.47 Å². The summed E-state index contributed by atoms with van der Waals surface area (Å²) in [5, 5.41) is 21.2. The summed E-state index contributed by atoms with van der Waals surface area (Å²) >= 11 is 0. The molecule has 0 amide bonds. The Balaban J connectivity index is 1.75. The van der Waals surface area contributed by atoms with Crippen LogP contribution in [0.15, 0.2) is 0 Å². The lowest BCUT2D eigenvalue weighted by atomic mass is 9.91. The van der Waals surface area contributed by atoms with E-state index < -0.39 is 11.2 Å². The van der Waals surface area contributed by atoms with Gasteiger partial charge < -0.3 is 29.5 Å². The smallest absolute Gasteiger partial charge is 0.128 e. The van der Waals surface area contributed by atoms with Crippen molar-refractivity contribution in [1.82, 2.24) is 9.80 Å². The highest BCUT2D eigenvalue weighted by Gasteiger charge is 2.31. The van der Waals surface area contributed by atoms with Gasteiger partial charge in [0.05, 0.1) is 13.2 Å². The summed E-state index contributed by atoms with van der Waals surface area (Å²) in [6.45, 7) is 12.0. The first kappa shape index (κ1) is 23.2. The van der Waals surface area contributed by atoms with Gasteiger partial charge in [-0.3, -0.25) is 0 Å². The fourth-order valence-electron chi connectivity index (χ4n) is 3.51. The molecule has 0 unspecified atom stereocenters. The summed E-state index contributed by atoms with van der Waals surface area (Å²) in [4.78, 5) is 4.58. The molecular weight excluding hydrogens is 356 g/mol. The molecule has 6 heteroatoms. The first-order valence-electron chi connectivity index (χ1n) is 10.6. The Labute approximate surface area is 170 Å². The molecule has 0 aromatic heterocycles. The Kier molecular flexibility index (Phi) is 9.74. The fraction of sp³-hybridized carbons (Fsp3) is 0.818. The number of piperidine rings is 2. The molecule has 28 heavy (non-hydrogen) atoms. The molecule has 0 aromatic carbocycles. The van der Waals surface area contributed by atoms with Gasteiger partial charge in [0.2, 0.25) is 0 Å². The second-order valence-corrected chi connectivity index (χ2v) is 7.64. The average Bonchev–Trinajstić information content (AvgIpc) is 2.69. The lowest BCUT2D eigenvalue weighted by molar-refractivity contribution is 0.0162. The molecule has 2 N–H and O–H groups in total. The number of nitrogens with zero attached hydrogens (tertiary/aromatic N) is 2. The van der Waals surface area contributed by atoms with Crippen LogP contribution in [0.1, 0.15) is 39.5 Å². The molecule has 2 aliphatic heterocycles. The fourth-order valence-corrected chi connectivity index (χ4v) is 3.51. The van der Waals surface area contributed by atoms with Crippen LogP contribution < -0.4 is 0 Å². The summed E-state index contributed by atoms with van der Waals surface area (Å²) in [7, 11) is 0. The number of hydrogen-bond acceptors (Lipinski definition) is 6. The molecule has 2 saturated heterocycles. The molecular formula is C22H36N2O4. The van der Waals surface area contributed by atoms with E-state index in [1.807, 2.05) is 13.8 Å². The van der Waals surface area contributed by atoms with Crippen LogP contribution in [0.5, 0.6) is 0 Å². The zero-order chi connectivity index (χ0) is 20.3. The minimum Gasteiger partial charge on any atom is -0.380 e. The Morgan fingerprint density at radius 2 is 1.07 bits per heavy atom. The highest BCUT2D eigenvalue weighted by Crippen LogP contribution is 2.22. The van der Waals surface area contributed by atoms with Crippen LogP contribution >= 0.6 is 0 Å². The Bertz CT molecular complexity index is 519. The van der Waals surface area contributed by atoms with E-state index in [2.05, 4.69) is 33.5 Å². The van der Waals surface area contributed by atoms with E-state index in [1.165, 1.54) is 0 Å². The van der Waals surface area contributed by atoms with Gasteiger partial charge in [0.25, 0.3) is 0 Å². The van der Waals surface area contributed by atoms with E-state index in [4.69, 9.17) is 9.47 Å². The van der Waals surface area contributed by atoms with Gasteiger partial charge >= 0.3 is 0 Å². The van der Waals surface area contributed by atoms with Crippen molar-refractivity contribution in [3.05, 3.63) is 0 Å². The Hall–Kier alpha value is -1.12. The molecule has 0 spiro atoms. The van der Waals surface area contributed by atoms with Crippen molar-refractivity contribution < 1.29 is 19.7 Å². The molecule has 6 nitrogen and oxygen atoms in total. The number of ether oxygens (including phenoxy) is 2. The minimum absolute atomic E-state index is 0.618. The number of likely N-dealkylation sites (tertiary alicyclic amines) is 2. The summed E-state index contributed by atoms with van der Waals surface area (Å²) in [6, 6.07) is 0. The molecule has 2 rings (SSSR count). The average molecular weight is 393 g/mol. The van der Waals surface area contributed by atoms with Crippen molar-refractivity contribution in [3.8, 4) is 23.7 Å². The van der Waals surface area contributed by atoms with Gasteiger partial charge in [-0.05, 0) is 25.7 Å². The Morgan fingerprint density at radius 1 is 0.714 bits per heavy atom. The predicted octanol–water partition coefficient (Wildman–Crippen LogP) is 0.720. The molecule has 2 fully saturated rings. The van der Waals surface area contributed by atoms with Crippen LogP contribution in [0.4, 0.5) is 0 Å². The lowest BCUT2D eigenvalue weighted by Gasteiger charge is -2.35. The largest absolute Gasteiger partial charge is 0.380 e. The zero-order valence-corrected chi connectivity index (χ0v) is 17.5. The zero-order valence-electron chi connectivity index (χ0n) is 17.5. The van der Waals surface area contributed by atoms with Crippen LogP contribution in [0, 0.1) is 23.7 Å². The van der Waals surface area contributed by atoms with Crippen LogP contribution in [-0.4, -0.2) is 96.9 Å². The topological polar surface area (TPSA) is 65.4 Å². The van der Waals surface area contributed by atoms with Gasteiger partial charge in [-0.25, -0.2) is 0 Å². The van der Waals surface area contributed by atoms with Gasteiger partial charge in [-0.2, -0.15) is 0 Å². The third-order valence-electron chi connectivity index (χ3n) is 5.53. The number of rotatable bonds is 8. The van der Waals surface area contributed by atoms with E-state index in [9.17, 15) is 10.2 Å². The van der Waals surface area contributed by atoms with E-state index >= 15 is 0 Å². The monoisotopic (exact) mass is 392 g/mol. The molecule has 0 saturated carbocycles. The van der Waals surface area contributed by atoms with Crippen LogP contribution in [0.2, 0.25) is 0 Å². The Morgan fingerprint density at radius 3 is 1.39 bits per heavy atom. The second-order valence-electron chi connectivity index (χ2n) is 7.64. The molecule has 2 heterocycles. The third-order valence-corrected chi connectivity index (χ3v) is 5.53. The van der Waals surface area contributed by atoms with Crippen molar-refractivity contribution >= 4 is 0 Å². The molecule has 2 aliphatic rings. The molecule has 0 atom stereocenters. The third kappa shape index (κ3) is 8.09. The summed E-state index contributed by atoms with van der Waals surface area (Å²) in [5.74, 6) is 11.4. The van der Waals surface area contributed by atoms with Crippen molar-refractivity contribution in [2.24, 2.45) is 0 Å². The van der Waals surface area contributed by atoms with E-state index in [1.54, 1.807) is 0 Å². The van der Waals surface area contributed by atoms with E-state index in [-0.39, 0.29) is 0 Å². The molecule has 0 bridgehead atoms. The van der Waals surface area contributed by atoms with Gasteiger partial charge in [-0.15, -0.1) is 0 Å². The standard InChI is InChI=1S/C22H36N2O4/c1-3-27-19-17-23-13-9-21(25,10-14-23)7-5-6-8-22(26)11-15-24(16-12-22)18-20-28-4-2/h25-26H,3-4,9-20H2,1-2H3. The van der Waals surface area contributed by atoms with Crippen LogP contribution in [0.3, 0.4) is 0 Å². The summed E-state index contributed by atoms with van der Waals surface area (Å²) in [6.07, 6.45) is 2.47. The van der Waals surface area contributed by atoms with Gasteiger partial charge in [0.1, 0.15) is 11.2 Å². The highest BCUT2D eigenvalue weighted by atomic mass is 16.5. The maximum atomic E-state index is 10.6. The molecule has 158 valence electrons. The molecule has 0 radical (unpaired) electrons. The van der Waals surface area contributed by atoms with Gasteiger partial charge in [0, 0.05) is 78.2 Å². The number of aliphatic hydroxyl groups is 2. The number of hydrogen-bond donors (Lipinski definition) is 2. The van der Waals surface area contributed by atoms with E-state index in [0.29, 0.717) is 25.7 Å². The SMILES string of the molecule is CCOCCN1CCC(O)(C#CC#CC2(O)CCN(CCOCC)CC2)CC1. The second kappa shape index (κ2) is 11.8.